The summed E-state index contributed by atoms with van der Waals surface area (Å²) in [7, 11) is 2.01. The molecular weight excluding hydrogens is 294 g/mol. The number of hydrogen-bond acceptors (Lipinski definition) is 4. The van der Waals surface area contributed by atoms with Crippen molar-refractivity contribution in [3.8, 4) is 0 Å². The number of likely N-dealkylation sites (N-methyl/N-ethyl adjacent to an activating group) is 1. The monoisotopic (exact) mass is 319 g/mol. The number of piperazine rings is 1. The summed E-state index contributed by atoms with van der Waals surface area (Å²) < 4.78 is 0. The van der Waals surface area contributed by atoms with Crippen LogP contribution in [0.4, 0.5) is 5.69 Å². The summed E-state index contributed by atoms with van der Waals surface area (Å²) in [5, 5.41) is 12.3. The van der Waals surface area contributed by atoms with Crippen LogP contribution in [0.25, 0.3) is 0 Å². The highest BCUT2D eigenvalue weighted by atomic mass is 16.4. The molecule has 23 heavy (non-hydrogen) atoms. The van der Waals surface area contributed by atoms with Gasteiger partial charge < -0.3 is 15.3 Å². The fourth-order valence-corrected chi connectivity index (χ4v) is 2.94. The molecule has 0 saturated carbocycles. The third-order valence-electron chi connectivity index (χ3n) is 4.15. The van der Waals surface area contributed by atoms with E-state index in [-0.39, 0.29) is 12.3 Å². The smallest absolute Gasteiger partial charge is 0.321 e. The standard InChI is InChI=1S/C17H25N3O3/c1-12-8-13(2)10-14(9-12)18-16(21)11-15(17(22)23)20-6-4-19(3)5-7-20/h8-10,15H,4-7,11H2,1-3H3,(H,18,21)(H,22,23)/t15-/m0/s1. The van der Waals surface area contributed by atoms with Gasteiger partial charge in [0.1, 0.15) is 6.04 Å². The second-order valence-electron chi connectivity index (χ2n) is 6.32. The van der Waals surface area contributed by atoms with Crippen molar-refractivity contribution < 1.29 is 14.7 Å². The van der Waals surface area contributed by atoms with Crippen LogP contribution < -0.4 is 5.32 Å². The molecule has 0 radical (unpaired) electrons. The van der Waals surface area contributed by atoms with E-state index in [2.05, 4.69) is 10.2 Å². The first-order valence-corrected chi connectivity index (χ1v) is 7.88. The van der Waals surface area contributed by atoms with Gasteiger partial charge in [-0.3, -0.25) is 14.5 Å². The van der Waals surface area contributed by atoms with Gasteiger partial charge in [-0.1, -0.05) is 6.07 Å². The minimum Gasteiger partial charge on any atom is -0.480 e. The van der Waals surface area contributed by atoms with E-state index in [1.54, 1.807) is 0 Å². The molecule has 1 aromatic carbocycles. The van der Waals surface area contributed by atoms with Crippen molar-refractivity contribution in [2.75, 3.05) is 38.5 Å². The molecular formula is C17H25N3O3. The number of benzene rings is 1. The maximum absolute atomic E-state index is 12.2. The largest absolute Gasteiger partial charge is 0.480 e. The molecule has 2 N–H and O–H groups in total. The van der Waals surface area contributed by atoms with Gasteiger partial charge in [0.2, 0.25) is 5.91 Å². The maximum atomic E-state index is 12.2. The zero-order valence-corrected chi connectivity index (χ0v) is 14.0. The van der Waals surface area contributed by atoms with Crippen molar-refractivity contribution in [1.29, 1.82) is 0 Å². The first kappa shape index (κ1) is 17.4. The Kier molecular flexibility index (Phi) is 5.74. The average molecular weight is 319 g/mol. The molecule has 1 saturated heterocycles. The molecule has 6 heteroatoms. The lowest BCUT2D eigenvalue weighted by Gasteiger charge is -2.35. The quantitative estimate of drug-likeness (QED) is 0.857. The Balaban J connectivity index is 1.99. The SMILES string of the molecule is Cc1cc(C)cc(NC(=O)C[C@@H](C(=O)O)N2CCN(C)CC2)c1. The number of anilines is 1. The number of amides is 1. The molecule has 1 aliphatic rings. The van der Waals surface area contributed by atoms with Crippen LogP contribution >= 0.6 is 0 Å². The Morgan fingerprint density at radius 1 is 1.13 bits per heavy atom. The fraction of sp³-hybridized carbons (Fsp3) is 0.529. The number of hydrogen-bond donors (Lipinski definition) is 2. The van der Waals surface area contributed by atoms with Gasteiger partial charge in [0.15, 0.2) is 0 Å². The van der Waals surface area contributed by atoms with Crippen molar-refractivity contribution in [2.24, 2.45) is 0 Å². The lowest BCUT2D eigenvalue weighted by molar-refractivity contribution is -0.145. The Morgan fingerprint density at radius 3 is 2.22 bits per heavy atom. The zero-order chi connectivity index (χ0) is 17.0. The second-order valence-corrected chi connectivity index (χ2v) is 6.32. The van der Waals surface area contributed by atoms with Gasteiger partial charge in [0.05, 0.1) is 6.42 Å². The molecule has 1 fully saturated rings. The second kappa shape index (κ2) is 7.57. The summed E-state index contributed by atoms with van der Waals surface area (Å²) in [4.78, 5) is 27.8. The number of aliphatic carboxylic acids is 1. The van der Waals surface area contributed by atoms with Crippen molar-refractivity contribution >= 4 is 17.6 Å². The number of nitrogens with one attached hydrogen (secondary N) is 1. The van der Waals surface area contributed by atoms with Crippen molar-refractivity contribution in [1.82, 2.24) is 9.80 Å². The van der Waals surface area contributed by atoms with Crippen LogP contribution in [0.1, 0.15) is 17.5 Å². The number of carbonyl (C=O) groups is 2. The molecule has 1 amide bonds. The molecule has 0 spiro atoms. The third kappa shape index (κ3) is 5.04. The van der Waals surface area contributed by atoms with Crippen LogP contribution in [-0.2, 0) is 9.59 Å². The Hall–Kier alpha value is -1.92. The van der Waals surface area contributed by atoms with E-state index in [0.29, 0.717) is 13.1 Å². The molecule has 0 bridgehead atoms. The Labute approximate surface area is 137 Å². The highest BCUT2D eigenvalue weighted by molar-refractivity contribution is 5.94. The molecule has 1 atom stereocenters. The molecule has 1 aromatic rings. The molecule has 126 valence electrons. The van der Waals surface area contributed by atoms with Gasteiger partial charge in [0, 0.05) is 31.9 Å². The highest BCUT2D eigenvalue weighted by Gasteiger charge is 2.30. The van der Waals surface area contributed by atoms with Crippen LogP contribution in [0.15, 0.2) is 18.2 Å². The molecule has 2 rings (SSSR count). The molecule has 0 aliphatic carbocycles. The average Bonchev–Trinajstić information content (AvgIpc) is 2.44. The number of aryl methyl sites for hydroxylation is 2. The minimum atomic E-state index is -0.940. The van der Waals surface area contributed by atoms with Gasteiger partial charge in [-0.05, 0) is 44.2 Å². The van der Waals surface area contributed by atoms with E-state index >= 15 is 0 Å². The van der Waals surface area contributed by atoms with E-state index in [9.17, 15) is 14.7 Å². The summed E-state index contributed by atoms with van der Waals surface area (Å²) >= 11 is 0. The number of nitrogens with zero attached hydrogens (tertiary/aromatic N) is 2. The van der Waals surface area contributed by atoms with E-state index < -0.39 is 12.0 Å². The van der Waals surface area contributed by atoms with E-state index in [1.807, 2.05) is 44.0 Å². The number of carbonyl (C=O) groups excluding carboxylic acids is 1. The molecule has 1 aliphatic heterocycles. The van der Waals surface area contributed by atoms with E-state index in [0.717, 1.165) is 29.9 Å². The van der Waals surface area contributed by atoms with Crippen LogP contribution in [0.5, 0.6) is 0 Å². The van der Waals surface area contributed by atoms with Crippen molar-refractivity contribution in [3.05, 3.63) is 29.3 Å². The summed E-state index contributed by atoms with van der Waals surface area (Å²) in [6.45, 7) is 6.92. The summed E-state index contributed by atoms with van der Waals surface area (Å²) in [5.41, 5.74) is 2.85. The van der Waals surface area contributed by atoms with E-state index in [4.69, 9.17) is 0 Å². The molecule has 6 nitrogen and oxygen atoms in total. The van der Waals surface area contributed by atoms with Gasteiger partial charge in [-0.25, -0.2) is 0 Å². The van der Waals surface area contributed by atoms with Gasteiger partial charge in [0.25, 0.3) is 0 Å². The first-order valence-electron chi connectivity index (χ1n) is 7.88. The first-order chi connectivity index (χ1) is 10.8. The van der Waals surface area contributed by atoms with Gasteiger partial charge in [-0.2, -0.15) is 0 Å². The van der Waals surface area contributed by atoms with Gasteiger partial charge in [-0.15, -0.1) is 0 Å². The summed E-state index contributed by atoms with van der Waals surface area (Å²) in [6, 6.07) is 5.03. The fourth-order valence-electron chi connectivity index (χ4n) is 2.94. The van der Waals surface area contributed by atoms with Crippen molar-refractivity contribution in [2.45, 2.75) is 26.3 Å². The predicted octanol–water partition coefficient (Wildman–Crippen LogP) is 1.33. The topological polar surface area (TPSA) is 72.9 Å². The molecule has 0 unspecified atom stereocenters. The number of carboxylic acid groups (broad SMARTS) is 1. The van der Waals surface area contributed by atoms with Crippen LogP contribution in [-0.4, -0.2) is 66.1 Å². The normalized spacial score (nSPS) is 17.7. The lowest BCUT2D eigenvalue weighted by atomic mass is 10.1. The van der Waals surface area contributed by atoms with Crippen LogP contribution in [0.2, 0.25) is 0 Å². The highest BCUT2D eigenvalue weighted by Crippen LogP contribution is 2.15. The Morgan fingerprint density at radius 2 is 1.70 bits per heavy atom. The lowest BCUT2D eigenvalue weighted by Crippen LogP contribution is -2.52. The van der Waals surface area contributed by atoms with Crippen LogP contribution in [0.3, 0.4) is 0 Å². The van der Waals surface area contributed by atoms with Gasteiger partial charge >= 0.3 is 5.97 Å². The summed E-state index contributed by atoms with van der Waals surface area (Å²) in [5.74, 6) is -1.20. The predicted molar refractivity (Wildman–Crippen MR) is 89.7 cm³/mol. The van der Waals surface area contributed by atoms with Crippen LogP contribution in [0, 0.1) is 13.8 Å². The van der Waals surface area contributed by atoms with E-state index in [1.165, 1.54) is 0 Å². The number of carboxylic acids is 1. The number of rotatable bonds is 5. The third-order valence-corrected chi connectivity index (χ3v) is 4.15. The zero-order valence-electron chi connectivity index (χ0n) is 14.0. The van der Waals surface area contributed by atoms with Crippen molar-refractivity contribution in [3.63, 3.8) is 0 Å². The Bertz CT molecular complexity index is 560. The molecule has 1 heterocycles. The molecule has 0 aromatic heterocycles. The minimum absolute atomic E-state index is 0.0357. The summed E-state index contributed by atoms with van der Waals surface area (Å²) in [6.07, 6.45) is -0.0357. The maximum Gasteiger partial charge on any atom is 0.321 e.